The van der Waals surface area contributed by atoms with Gasteiger partial charge in [0.1, 0.15) is 5.75 Å². The van der Waals surface area contributed by atoms with E-state index in [4.69, 9.17) is 4.74 Å². The molecule has 0 radical (unpaired) electrons. The molecular weight excluding hydrogens is 218 g/mol. The van der Waals surface area contributed by atoms with Crippen LogP contribution >= 0.6 is 0 Å². The number of hydrogen-bond acceptors (Lipinski definition) is 3. The fourth-order valence-corrected chi connectivity index (χ4v) is 2.05. The Kier molecular flexibility index (Phi) is 4.97. The first-order valence-corrected chi connectivity index (χ1v) is 5.68. The zero-order chi connectivity index (χ0) is 12.8. The minimum Gasteiger partial charge on any atom is -0.496 e. The number of benzene rings is 1. The smallest absolute Gasteiger partial charge is 0.308 e. The summed E-state index contributed by atoms with van der Waals surface area (Å²) < 4.78 is 5.27. The van der Waals surface area contributed by atoms with Crippen LogP contribution in [0.2, 0.25) is 0 Å². The summed E-state index contributed by atoms with van der Waals surface area (Å²) in [6.07, 6.45) is 0.568. The SMILES string of the molecule is CCC(C(=O)O)C(NC)c1ccccc1OC. The number of para-hydroxylation sites is 1. The highest BCUT2D eigenvalue weighted by Crippen LogP contribution is 2.31. The number of methoxy groups -OCH3 is 1. The maximum absolute atomic E-state index is 11.2. The molecule has 0 amide bonds. The zero-order valence-corrected chi connectivity index (χ0v) is 10.4. The van der Waals surface area contributed by atoms with Crippen molar-refractivity contribution in [3.63, 3.8) is 0 Å². The van der Waals surface area contributed by atoms with Crippen molar-refractivity contribution in [3.8, 4) is 5.75 Å². The second-order valence-electron chi connectivity index (χ2n) is 3.86. The van der Waals surface area contributed by atoms with Gasteiger partial charge in [-0.15, -0.1) is 0 Å². The normalized spacial score (nSPS) is 14.1. The first-order chi connectivity index (χ1) is 8.15. The van der Waals surface area contributed by atoms with Gasteiger partial charge >= 0.3 is 5.97 Å². The predicted octanol–water partition coefficient (Wildman–Crippen LogP) is 2.07. The summed E-state index contributed by atoms with van der Waals surface area (Å²) in [7, 11) is 3.36. The zero-order valence-electron chi connectivity index (χ0n) is 10.4. The molecule has 2 unspecified atom stereocenters. The molecule has 4 nitrogen and oxygen atoms in total. The number of ether oxygens (including phenoxy) is 1. The third-order valence-corrected chi connectivity index (χ3v) is 2.94. The number of rotatable bonds is 6. The van der Waals surface area contributed by atoms with Crippen molar-refractivity contribution in [3.05, 3.63) is 29.8 Å². The van der Waals surface area contributed by atoms with E-state index in [0.717, 1.165) is 5.56 Å². The third-order valence-electron chi connectivity index (χ3n) is 2.94. The Labute approximate surface area is 102 Å². The molecule has 2 atom stereocenters. The Hall–Kier alpha value is -1.55. The maximum atomic E-state index is 11.2. The molecule has 0 saturated carbocycles. The molecule has 17 heavy (non-hydrogen) atoms. The number of carboxylic acid groups (broad SMARTS) is 1. The Balaban J connectivity index is 3.12. The van der Waals surface area contributed by atoms with Crippen LogP contribution in [0.3, 0.4) is 0 Å². The maximum Gasteiger partial charge on any atom is 0.308 e. The van der Waals surface area contributed by atoms with Crippen molar-refractivity contribution < 1.29 is 14.6 Å². The molecule has 2 N–H and O–H groups in total. The summed E-state index contributed by atoms with van der Waals surface area (Å²) in [5, 5.41) is 12.3. The van der Waals surface area contributed by atoms with Crippen molar-refractivity contribution in [2.75, 3.05) is 14.2 Å². The van der Waals surface area contributed by atoms with Crippen LogP contribution in [0.5, 0.6) is 5.75 Å². The summed E-state index contributed by atoms with van der Waals surface area (Å²) in [6.45, 7) is 1.87. The average Bonchev–Trinajstić information content (AvgIpc) is 2.35. The fraction of sp³-hybridized carbons (Fsp3) is 0.462. The van der Waals surface area contributed by atoms with Gasteiger partial charge in [0.25, 0.3) is 0 Å². The third kappa shape index (κ3) is 2.97. The van der Waals surface area contributed by atoms with E-state index in [1.165, 1.54) is 0 Å². The Morgan fingerprint density at radius 3 is 2.59 bits per heavy atom. The van der Waals surface area contributed by atoms with Gasteiger partial charge < -0.3 is 15.2 Å². The number of carbonyl (C=O) groups is 1. The van der Waals surface area contributed by atoms with Crippen LogP contribution in [0.4, 0.5) is 0 Å². The van der Waals surface area contributed by atoms with E-state index in [1.54, 1.807) is 14.2 Å². The molecule has 1 aromatic carbocycles. The van der Waals surface area contributed by atoms with E-state index in [0.29, 0.717) is 12.2 Å². The summed E-state index contributed by atoms with van der Waals surface area (Å²) in [5.74, 6) is -0.541. The van der Waals surface area contributed by atoms with E-state index in [-0.39, 0.29) is 6.04 Å². The largest absolute Gasteiger partial charge is 0.496 e. The van der Waals surface area contributed by atoms with Gasteiger partial charge in [-0.2, -0.15) is 0 Å². The lowest BCUT2D eigenvalue weighted by molar-refractivity contribution is -0.143. The minimum absolute atomic E-state index is 0.242. The summed E-state index contributed by atoms with van der Waals surface area (Å²) in [4.78, 5) is 11.2. The van der Waals surface area contributed by atoms with Crippen molar-refractivity contribution in [2.24, 2.45) is 5.92 Å². The standard InChI is InChI=1S/C13H19NO3/c1-4-9(13(15)16)12(14-2)10-7-5-6-8-11(10)17-3/h5-9,12,14H,4H2,1-3H3,(H,15,16). The van der Waals surface area contributed by atoms with Crippen molar-refractivity contribution in [1.82, 2.24) is 5.32 Å². The monoisotopic (exact) mass is 237 g/mol. The van der Waals surface area contributed by atoms with Crippen molar-refractivity contribution in [1.29, 1.82) is 0 Å². The van der Waals surface area contributed by atoms with Gasteiger partial charge in [-0.1, -0.05) is 25.1 Å². The van der Waals surface area contributed by atoms with E-state index < -0.39 is 11.9 Å². The minimum atomic E-state index is -0.794. The lowest BCUT2D eigenvalue weighted by Gasteiger charge is -2.24. The first kappa shape index (κ1) is 13.5. The van der Waals surface area contributed by atoms with Gasteiger partial charge in [0.05, 0.1) is 13.0 Å². The highest BCUT2D eigenvalue weighted by molar-refractivity contribution is 5.71. The van der Waals surface area contributed by atoms with Crippen LogP contribution in [0.1, 0.15) is 24.9 Å². The molecule has 0 spiro atoms. The molecule has 94 valence electrons. The molecule has 4 heteroatoms. The molecule has 0 saturated heterocycles. The van der Waals surface area contributed by atoms with Crippen LogP contribution in [0.25, 0.3) is 0 Å². The molecule has 0 aliphatic heterocycles. The lowest BCUT2D eigenvalue weighted by Crippen LogP contribution is -2.30. The Bertz CT molecular complexity index is 379. The fourth-order valence-electron chi connectivity index (χ4n) is 2.05. The molecule has 0 aliphatic carbocycles. The number of nitrogens with one attached hydrogen (secondary N) is 1. The highest BCUT2D eigenvalue weighted by Gasteiger charge is 2.28. The topological polar surface area (TPSA) is 58.6 Å². The van der Waals surface area contributed by atoms with E-state index in [1.807, 2.05) is 31.2 Å². The molecule has 0 heterocycles. The van der Waals surface area contributed by atoms with Crippen LogP contribution in [0.15, 0.2) is 24.3 Å². The molecular formula is C13H19NO3. The molecule has 0 aliphatic rings. The first-order valence-electron chi connectivity index (χ1n) is 5.68. The second kappa shape index (κ2) is 6.25. The van der Waals surface area contributed by atoms with Crippen LogP contribution < -0.4 is 10.1 Å². The predicted molar refractivity (Wildman–Crippen MR) is 66.2 cm³/mol. The van der Waals surface area contributed by atoms with Gasteiger partial charge in [0, 0.05) is 11.6 Å². The van der Waals surface area contributed by atoms with Crippen LogP contribution in [-0.4, -0.2) is 25.2 Å². The van der Waals surface area contributed by atoms with E-state index in [9.17, 15) is 9.90 Å². The van der Waals surface area contributed by atoms with Gasteiger partial charge in [-0.3, -0.25) is 4.79 Å². The highest BCUT2D eigenvalue weighted by atomic mass is 16.5. The van der Waals surface area contributed by atoms with Crippen molar-refractivity contribution in [2.45, 2.75) is 19.4 Å². The van der Waals surface area contributed by atoms with Gasteiger partial charge in [-0.05, 0) is 19.5 Å². The van der Waals surface area contributed by atoms with Gasteiger partial charge in [-0.25, -0.2) is 0 Å². The second-order valence-corrected chi connectivity index (χ2v) is 3.86. The Morgan fingerprint density at radius 1 is 1.47 bits per heavy atom. The number of hydrogen-bond donors (Lipinski definition) is 2. The quantitative estimate of drug-likeness (QED) is 0.795. The number of aliphatic carboxylic acids is 1. The van der Waals surface area contributed by atoms with E-state index in [2.05, 4.69) is 5.32 Å². The van der Waals surface area contributed by atoms with Gasteiger partial charge in [0.2, 0.25) is 0 Å². The van der Waals surface area contributed by atoms with Crippen LogP contribution in [-0.2, 0) is 4.79 Å². The molecule has 0 bridgehead atoms. The lowest BCUT2D eigenvalue weighted by atomic mass is 9.90. The molecule has 0 aromatic heterocycles. The molecule has 0 fully saturated rings. The molecule has 1 rings (SSSR count). The summed E-state index contributed by atoms with van der Waals surface area (Å²) in [5.41, 5.74) is 0.881. The molecule has 1 aromatic rings. The van der Waals surface area contributed by atoms with Crippen molar-refractivity contribution >= 4 is 5.97 Å². The Morgan fingerprint density at radius 2 is 2.12 bits per heavy atom. The van der Waals surface area contributed by atoms with E-state index >= 15 is 0 Å². The van der Waals surface area contributed by atoms with Gasteiger partial charge in [0.15, 0.2) is 0 Å². The number of carboxylic acids is 1. The summed E-state index contributed by atoms with van der Waals surface area (Å²) >= 11 is 0. The van der Waals surface area contributed by atoms with Crippen LogP contribution in [0, 0.1) is 5.92 Å². The average molecular weight is 237 g/mol. The summed E-state index contributed by atoms with van der Waals surface area (Å²) in [6, 6.07) is 7.25.